The van der Waals surface area contributed by atoms with Crippen LogP contribution in [0.2, 0.25) is 0 Å². The summed E-state index contributed by atoms with van der Waals surface area (Å²) in [5.74, 6) is 7.57. The third-order valence-electron chi connectivity index (χ3n) is 5.98. The molecule has 1 heterocycles. The number of benzene rings is 1. The van der Waals surface area contributed by atoms with Crippen LogP contribution in [0.3, 0.4) is 0 Å². The molecule has 3 rings (SSSR count). The maximum absolute atomic E-state index is 12.7. The molecule has 6 N–H and O–H groups in total. The van der Waals surface area contributed by atoms with E-state index in [-0.39, 0.29) is 24.0 Å². The van der Waals surface area contributed by atoms with Crippen LogP contribution in [0, 0.1) is 18.8 Å². The highest BCUT2D eigenvalue weighted by atomic mass is 16.5. The van der Waals surface area contributed by atoms with E-state index in [1.54, 1.807) is 26.2 Å². The first kappa shape index (κ1) is 24.5. The Morgan fingerprint density at radius 2 is 1.97 bits per heavy atom. The number of nitrogens with zero attached hydrogens (tertiary/aromatic N) is 3. The summed E-state index contributed by atoms with van der Waals surface area (Å²) < 4.78 is 5.22. The largest absolute Gasteiger partial charge is 0.497 e. The standard InChI is InChI=1S/C24H34N6O3/c1-16-10-20(23(25)29-30(26)14-17-6-8-18(15-31)9-7-17)12-22(28-16)24(32)27-13-19-4-3-5-21(11-19)33-2/h3-5,10-12,17-18,31H,6-9,13-15,26H2,1-2H3,(H2,25,29)(H,27,32). The molecule has 9 nitrogen and oxygen atoms in total. The summed E-state index contributed by atoms with van der Waals surface area (Å²) in [6.07, 6.45) is 4.04. The number of hydrazone groups is 1. The van der Waals surface area contributed by atoms with Crippen molar-refractivity contribution in [3.05, 3.63) is 58.9 Å². The summed E-state index contributed by atoms with van der Waals surface area (Å²) >= 11 is 0. The van der Waals surface area contributed by atoms with Gasteiger partial charge in [-0.25, -0.2) is 15.9 Å². The minimum absolute atomic E-state index is 0.230. The number of nitrogens with one attached hydrogen (secondary N) is 1. The molecule has 1 saturated carbocycles. The fourth-order valence-corrected chi connectivity index (χ4v) is 4.09. The molecule has 2 aromatic rings. The highest BCUT2D eigenvalue weighted by molar-refractivity contribution is 6.00. The second kappa shape index (κ2) is 11.6. The number of hydrogen-bond acceptors (Lipinski definition) is 7. The summed E-state index contributed by atoms with van der Waals surface area (Å²) in [7, 11) is 1.60. The lowest BCUT2D eigenvalue weighted by molar-refractivity contribution is 0.0945. The van der Waals surface area contributed by atoms with Gasteiger partial charge in [-0.15, -0.1) is 5.10 Å². The number of hydrogen-bond donors (Lipinski definition) is 4. The maximum Gasteiger partial charge on any atom is 0.270 e. The van der Waals surface area contributed by atoms with E-state index in [1.165, 1.54) is 5.12 Å². The van der Waals surface area contributed by atoms with E-state index in [9.17, 15) is 9.90 Å². The van der Waals surface area contributed by atoms with Crippen LogP contribution in [0.4, 0.5) is 0 Å². The fraction of sp³-hybridized carbons (Fsp3) is 0.458. The van der Waals surface area contributed by atoms with E-state index < -0.39 is 0 Å². The molecular formula is C24H34N6O3. The first-order valence-corrected chi connectivity index (χ1v) is 11.2. The molecule has 1 amide bonds. The van der Waals surface area contributed by atoms with Crippen molar-refractivity contribution in [1.29, 1.82) is 0 Å². The van der Waals surface area contributed by atoms with Gasteiger partial charge >= 0.3 is 0 Å². The van der Waals surface area contributed by atoms with Gasteiger partial charge in [-0.2, -0.15) is 0 Å². The third-order valence-corrected chi connectivity index (χ3v) is 5.98. The van der Waals surface area contributed by atoms with Crippen LogP contribution in [0.5, 0.6) is 5.75 Å². The monoisotopic (exact) mass is 454 g/mol. The highest BCUT2D eigenvalue weighted by Gasteiger charge is 2.22. The minimum Gasteiger partial charge on any atom is -0.497 e. The SMILES string of the molecule is COc1cccc(CNC(=O)c2cc(/C(N)=N/N(N)CC3CCC(CO)CC3)cc(C)n2)c1. The molecule has 0 radical (unpaired) electrons. The maximum atomic E-state index is 12.7. The van der Waals surface area contributed by atoms with Gasteiger partial charge in [0.1, 0.15) is 11.4 Å². The minimum atomic E-state index is -0.305. The lowest BCUT2D eigenvalue weighted by Crippen LogP contribution is -2.35. The van der Waals surface area contributed by atoms with Crippen LogP contribution in [-0.4, -0.2) is 47.2 Å². The Kier molecular flexibility index (Phi) is 8.62. The van der Waals surface area contributed by atoms with Gasteiger partial charge < -0.3 is 20.9 Å². The van der Waals surface area contributed by atoms with Crippen molar-refractivity contribution in [1.82, 2.24) is 15.4 Å². The van der Waals surface area contributed by atoms with Crippen LogP contribution in [0.1, 0.15) is 53.0 Å². The van der Waals surface area contributed by atoms with E-state index in [2.05, 4.69) is 15.4 Å². The van der Waals surface area contributed by atoms with E-state index in [0.29, 0.717) is 36.2 Å². The van der Waals surface area contributed by atoms with Crippen LogP contribution in [0.25, 0.3) is 0 Å². The van der Waals surface area contributed by atoms with E-state index in [4.69, 9.17) is 16.3 Å². The number of amides is 1. The number of rotatable bonds is 9. The summed E-state index contributed by atoms with van der Waals surface area (Å²) in [6, 6.07) is 10.9. The third kappa shape index (κ3) is 7.16. The second-order valence-corrected chi connectivity index (χ2v) is 8.59. The molecule has 33 heavy (non-hydrogen) atoms. The molecule has 9 heteroatoms. The number of nitrogens with two attached hydrogens (primary N) is 2. The number of aliphatic hydroxyl groups excluding tert-OH is 1. The number of aliphatic hydroxyl groups is 1. The Balaban J connectivity index is 1.62. The molecule has 1 aliphatic carbocycles. The van der Waals surface area contributed by atoms with Gasteiger partial charge in [0, 0.05) is 24.4 Å². The van der Waals surface area contributed by atoms with E-state index in [1.807, 2.05) is 24.3 Å². The van der Waals surface area contributed by atoms with Crippen molar-refractivity contribution in [3.63, 3.8) is 0 Å². The average molecular weight is 455 g/mol. The van der Waals surface area contributed by atoms with E-state index >= 15 is 0 Å². The Morgan fingerprint density at radius 3 is 2.67 bits per heavy atom. The van der Waals surface area contributed by atoms with Gasteiger partial charge in [0.2, 0.25) is 0 Å². The fourth-order valence-electron chi connectivity index (χ4n) is 4.09. The number of pyridine rings is 1. The average Bonchev–Trinajstić information content (AvgIpc) is 2.82. The number of amidine groups is 1. The van der Waals surface area contributed by atoms with Gasteiger partial charge in [0.25, 0.3) is 5.91 Å². The van der Waals surface area contributed by atoms with Gasteiger partial charge in [-0.1, -0.05) is 12.1 Å². The number of aromatic nitrogens is 1. The molecule has 1 aromatic heterocycles. The molecule has 1 fully saturated rings. The summed E-state index contributed by atoms with van der Waals surface area (Å²) in [5, 5.41) is 17.9. The van der Waals surface area contributed by atoms with Crippen LogP contribution in [-0.2, 0) is 6.54 Å². The van der Waals surface area contributed by atoms with Crippen molar-refractivity contribution in [2.75, 3.05) is 20.3 Å². The normalized spacial score (nSPS) is 18.6. The molecule has 0 atom stereocenters. The lowest BCUT2D eigenvalue weighted by Gasteiger charge is -2.29. The molecular weight excluding hydrogens is 420 g/mol. The summed E-state index contributed by atoms with van der Waals surface area (Å²) in [6.45, 7) is 2.99. The Morgan fingerprint density at radius 1 is 1.24 bits per heavy atom. The first-order chi connectivity index (χ1) is 15.9. The summed E-state index contributed by atoms with van der Waals surface area (Å²) in [5.41, 5.74) is 8.63. The summed E-state index contributed by atoms with van der Waals surface area (Å²) in [4.78, 5) is 17.0. The number of carbonyl (C=O) groups is 1. The smallest absolute Gasteiger partial charge is 0.270 e. The number of methoxy groups -OCH3 is 1. The predicted molar refractivity (Wildman–Crippen MR) is 127 cm³/mol. The van der Waals surface area contributed by atoms with Crippen molar-refractivity contribution in [3.8, 4) is 5.75 Å². The number of carbonyl (C=O) groups excluding carboxylic acids is 1. The zero-order chi connectivity index (χ0) is 23.8. The van der Waals surface area contributed by atoms with Crippen LogP contribution in [0.15, 0.2) is 41.5 Å². The topological polar surface area (TPSA) is 139 Å². The van der Waals surface area contributed by atoms with Crippen molar-refractivity contribution >= 4 is 11.7 Å². The Bertz CT molecular complexity index is 972. The van der Waals surface area contributed by atoms with Crippen molar-refractivity contribution in [2.45, 2.75) is 39.2 Å². The van der Waals surface area contributed by atoms with Gasteiger partial charge in [0.05, 0.1) is 13.7 Å². The zero-order valence-corrected chi connectivity index (χ0v) is 19.3. The molecule has 0 spiro atoms. The predicted octanol–water partition coefficient (Wildman–Crippen LogP) is 1.92. The van der Waals surface area contributed by atoms with Crippen LogP contribution < -0.4 is 21.6 Å². The zero-order valence-electron chi connectivity index (χ0n) is 19.3. The molecule has 1 aliphatic rings. The van der Waals surface area contributed by atoms with Crippen molar-refractivity contribution < 1.29 is 14.6 Å². The quantitative estimate of drug-likeness (QED) is 0.196. The van der Waals surface area contributed by atoms with Gasteiger partial charge in [-0.3, -0.25) is 4.79 Å². The molecule has 0 aliphatic heterocycles. The van der Waals surface area contributed by atoms with Crippen LogP contribution >= 0.6 is 0 Å². The number of hydrazine groups is 1. The van der Waals surface area contributed by atoms with Gasteiger partial charge in [-0.05, 0) is 74.3 Å². The van der Waals surface area contributed by atoms with Gasteiger partial charge in [0.15, 0.2) is 5.84 Å². The molecule has 178 valence electrons. The van der Waals surface area contributed by atoms with Crippen molar-refractivity contribution in [2.24, 2.45) is 28.5 Å². The second-order valence-electron chi connectivity index (χ2n) is 8.59. The molecule has 0 saturated heterocycles. The van der Waals surface area contributed by atoms with E-state index in [0.717, 1.165) is 37.0 Å². The number of aryl methyl sites for hydroxylation is 1. The lowest BCUT2D eigenvalue weighted by atomic mass is 9.82. The molecule has 0 unspecified atom stereocenters. The Labute approximate surface area is 194 Å². The number of ether oxygens (including phenoxy) is 1. The molecule has 1 aromatic carbocycles. The molecule has 0 bridgehead atoms. The highest BCUT2D eigenvalue weighted by Crippen LogP contribution is 2.28. The Hall–Kier alpha value is -3.17. The first-order valence-electron chi connectivity index (χ1n) is 11.2.